The van der Waals surface area contributed by atoms with Gasteiger partial charge in [-0.1, -0.05) is 13.8 Å². The van der Waals surface area contributed by atoms with Crippen molar-refractivity contribution < 1.29 is 9.90 Å². The minimum atomic E-state index is -0.998. The summed E-state index contributed by atoms with van der Waals surface area (Å²) in [4.78, 5) is 22.3. The van der Waals surface area contributed by atoms with E-state index in [9.17, 15) is 9.59 Å². The summed E-state index contributed by atoms with van der Waals surface area (Å²) in [6.07, 6.45) is 2.36. The fourth-order valence-corrected chi connectivity index (χ4v) is 1.79. The largest absolute Gasteiger partial charge is 0.478 e. The number of pyridine rings is 1. The van der Waals surface area contributed by atoms with Gasteiger partial charge in [0.05, 0.1) is 5.56 Å². The summed E-state index contributed by atoms with van der Waals surface area (Å²) in [5.74, 6) is -0.998. The summed E-state index contributed by atoms with van der Waals surface area (Å²) in [7, 11) is 0. The average Bonchev–Trinajstić information content (AvgIpc) is 2.75. The first-order chi connectivity index (χ1) is 6.92. The molecule has 0 aromatic carbocycles. The highest BCUT2D eigenvalue weighted by atomic mass is 16.4. The first-order valence-corrected chi connectivity index (χ1v) is 4.87. The van der Waals surface area contributed by atoms with Crippen LogP contribution in [0.4, 0.5) is 0 Å². The molecule has 0 spiro atoms. The summed E-state index contributed by atoms with van der Waals surface area (Å²) < 4.78 is 1.53. The molecule has 0 radical (unpaired) electrons. The van der Waals surface area contributed by atoms with Crippen LogP contribution < -0.4 is 5.56 Å². The number of rotatable bonds is 2. The Labute approximate surface area is 87.2 Å². The van der Waals surface area contributed by atoms with Crippen LogP contribution in [0.3, 0.4) is 0 Å². The summed E-state index contributed by atoms with van der Waals surface area (Å²) >= 11 is 0. The zero-order valence-corrected chi connectivity index (χ0v) is 8.73. The van der Waals surface area contributed by atoms with Crippen LogP contribution in [0.1, 0.15) is 36.7 Å². The molecular weight excluding hydrogens is 194 g/mol. The fraction of sp³-hybridized carbons (Fsp3) is 0.455. The molecule has 2 rings (SSSR count). The predicted octanol–water partition coefficient (Wildman–Crippen LogP) is 1.52. The first-order valence-electron chi connectivity index (χ1n) is 4.87. The van der Waals surface area contributed by atoms with Gasteiger partial charge in [0.2, 0.25) is 0 Å². The molecule has 1 unspecified atom stereocenters. The van der Waals surface area contributed by atoms with Crippen molar-refractivity contribution in [3.8, 4) is 0 Å². The molecule has 1 aromatic rings. The third kappa shape index (κ3) is 1.67. The lowest BCUT2D eigenvalue weighted by Gasteiger charge is -2.07. The van der Waals surface area contributed by atoms with E-state index in [4.69, 9.17) is 5.11 Å². The molecule has 1 atom stereocenters. The van der Waals surface area contributed by atoms with Crippen molar-refractivity contribution in [3.05, 3.63) is 34.2 Å². The standard InChI is InChI=1S/C11H13NO3/c1-11(2)5-8(11)12-6-7(10(14)15)3-4-9(12)13/h3-4,6,8H,5H2,1-2H3,(H,14,15). The van der Waals surface area contributed by atoms with Gasteiger partial charge >= 0.3 is 5.97 Å². The highest BCUT2D eigenvalue weighted by Crippen LogP contribution is 2.54. The van der Waals surface area contributed by atoms with Crippen LogP contribution in [0.2, 0.25) is 0 Å². The highest BCUT2D eigenvalue weighted by molar-refractivity contribution is 5.87. The third-order valence-corrected chi connectivity index (χ3v) is 2.98. The Bertz CT molecular complexity index is 473. The van der Waals surface area contributed by atoms with Crippen molar-refractivity contribution in [2.45, 2.75) is 26.3 Å². The second-order valence-corrected chi connectivity index (χ2v) is 4.68. The topological polar surface area (TPSA) is 59.3 Å². The molecule has 1 saturated carbocycles. The molecule has 0 amide bonds. The van der Waals surface area contributed by atoms with Gasteiger partial charge in [0.25, 0.3) is 5.56 Å². The lowest BCUT2D eigenvalue weighted by Crippen LogP contribution is -2.20. The number of carboxylic acid groups (broad SMARTS) is 1. The zero-order chi connectivity index (χ0) is 11.2. The van der Waals surface area contributed by atoms with E-state index < -0.39 is 5.97 Å². The smallest absolute Gasteiger partial charge is 0.337 e. The van der Waals surface area contributed by atoms with Gasteiger partial charge in [-0.3, -0.25) is 4.79 Å². The van der Waals surface area contributed by atoms with Crippen LogP contribution in [-0.4, -0.2) is 15.6 Å². The van der Waals surface area contributed by atoms with Crippen molar-refractivity contribution in [2.75, 3.05) is 0 Å². The van der Waals surface area contributed by atoms with Crippen LogP contribution in [-0.2, 0) is 0 Å². The molecule has 4 nitrogen and oxygen atoms in total. The summed E-state index contributed by atoms with van der Waals surface area (Å²) in [5.41, 5.74) is 0.147. The van der Waals surface area contributed by atoms with Crippen molar-refractivity contribution in [3.63, 3.8) is 0 Å². The van der Waals surface area contributed by atoms with E-state index in [1.807, 2.05) is 0 Å². The Kier molecular flexibility index (Phi) is 1.96. The number of carboxylic acids is 1. The van der Waals surface area contributed by atoms with E-state index in [2.05, 4.69) is 13.8 Å². The Morgan fingerprint density at radius 1 is 1.53 bits per heavy atom. The number of aromatic carboxylic acids is 1. The van der Waals surface area contributed by atoms with Crippen LogP contribution in [0.15, 0.2) is 23.1 Å². The molecular formula is C11H13NO3. The second kappa shape index (κ2) is 2.95. The molecule has 1 aromatic heterocycles. The van der Waals surface area contributed by atoms with Gasteiger partial charge in [0.15, 0.2) is 0 Å². The van der Waals surface area contributed by atoms with Crippen LogP contribution in [0.5, 0.6) is 0 Å². The van der Waals surface area contributed by atoms with Gasteiger partial charge in [-0.05, 0) is 17.9 Å². The SMILES string of the molecule is CC1(C)CC1n1cc(C(=O)O)ccc1=O. The van der Waals surface area contributed by atoms with Gasteiger partial charge in [-0.25, -0.2) is 4.79 Å². The minimum absolute atomic E-state index is 0.112. The Hall–Kier alpha value is -1.58. The molecule has 0 bridgehead atoms. The van der Waals surface area contributed by atoms with E-state index >= 15 is 0 Å². The van der Waals surface area contributed by atoms with Crippen molar-refractivity contribution >= 4 is 5.97 Å². The van der Waals surface area contributed by atoms with Gasteiger partial charge in [0, 0.05) is 18.3 Å². The monoisotopic (exact) mass is 207 g/mol. The lowest BCUT2D eigenvalue weighted by molar-refractivity contribution is 0.0695. The van der Waals surface area contributed by atoms with Gasteiger partial charge in [0.1, 0.15) is 0 Å². The molecule has 0 aliphatic heterocycles. The van der Waals surface area contributed by atoms with E-state index in [0.717, 1.165) is 6.42 Å². The maximum atomic E-state index is 11.5. The molecule has 0 saturated heterocycles. The van der Waals surface area contributed by atoms with E-state index in [1.54, 1.807) is 0 Å². The second-order valence-electron chi connectivity index (χ2n) is 4.68. The van der Waals surface area contributed by atoms with Crippen molar-refractivity contribution in [1.29, 1.82) is 0 Å². The molecule has 1 heterocycles. The summed E-state index contributed by atoms with van der Waals surface area (Å²) in [6, 6.07) is 2.80. The predicted molar refractivity (Wildman–Crippen MR) is 55.1 cm³/mol. The van der Waals surface area contributed by atoms with Gasteiger partial charge < -0.3 is 9.67 Å². The Balaban J connectivity index is 2.43. The van der Waals surface area contributed by atoms with Crippen molar-refractivity contribution in [1.82, 2.24) is 4.57 Å². The average molecular weight is 207 g/mol. The maximum Gasteiger partial charge on any atom is 0.337 e. The zero-order valence-electron chi connectivity index (χ0n) is 8.73. The fourth-order valence-electron chi connectivity index (χ4n) is 1.79. The highest BCUT2D eigenvalue weighted by Gasteiger charge is 2.47. The normalized spacial score (nSPS) is 22.4. The number of aromatic nitrogens is 1. The minimum Gasteiger partial charge on any atom is -0.478 e. The van der Waals surface area contributed by atoms with E-state index in [1.165, 1.54) is 22.9 Å². The third-order valence-electron chi connectivity index (χ3n) is 2.98. The number of carbonyl (C=O) groups is 1. The molecule has 4 heteroatoms. The molecule has 1 aliphatic carbocycles. The maximum absolute atomic E-state index is 11.5. The quantitative estimate of drug-likeness (QED) is 0.799. The van der Waals surface area contributed by atoms with E-state index in [-0.39, 0.29) is 22.6 Å². The lowest BCUT2D eigenvalue weighted by atomic mass is 10.2. The Morgan fingerprint density at radius 2 is 2.13 bits per heavy atom. The van der Waals surface area contributed by atoms with Crippen LogP contribution in [0.25, 0.3) is 0 Å². The number of hydrogen-bond donors (Lipinski definition) is 1. The van der Waals surface area contributed by atoms with Gasteiger partial charge in [-0.2, -0.15) is 0 Å². The molecule has 1 fully saturated rings. The summed E-state index contributed by atoms with van der Waals surface area (Å²) in [5, 5.41) is 8.82. The number of nitrogens with zero attached hydrogens (tertiary/aromatic N) is 1. The van der Waals surface area contributed by atoms with Crippen molar-refractivity contribution in [2.24, 2.45) is 5.41 Å². The number of hydrogen-bond acceptors (Lipinski definition) is 2. The van der Waals surface area contributed by atoms with Crippen LogP contribution >= 0.6 is 0 Å². The molecule has 15 heavy (non-hydrogen) atoms. The van der Waals surface area contributed by atoms with E-state index in [0.29, 0.717) is 0 Å². The molecule has 1 N–H and O–H groups in total. The summed E-state index contributed by atoms with van der Waals surface area (Å²) in [6.45, 7) is 4.13. The Morgan fingerprint density at radius 3 is 2.60 bits per heavy atom. The van der Waals surface area contributed by atoms with Gasteiger partial charge in [-0.15, -0.1) is 0 Å². The molecule has 1 aliphatic rings. The first kappa shape index (κ1) is 9.96. The molecule has 80 valence electrons. The van der Waals surface area contributed by atoms with Crippen LogP contribution in [0, 0.1) is 5.41 Å².